The Hall–Kier alpha value is -2.95. The molecule has 0 atom stereocenters. The first-order chi connectivity index (χ1) is 15.8. The summed E-state index contributed by atoms with van der Waals surface area (Å²) in [6.07, 6.45) is 0. The number of amides is 2. The van der Waals surface area contributed by atoms with Gasteiger partial charge in [-0.1, -0.05) is 0 Å². The lowest BCUT2D eigenvalue weighted by atomic mass is 10.1. The quantitative estimate of drug-likeness (QED) is 0.629. The Morgan fingerprint density at radius 1 is 1.06 bits per heavy atom. The molecular weight excluding hydrogens is 446 g/mol. The maximum atomic E-state index is 13.0. The molecule has 9 nitrogen and oxygen atoms in total. The van der Waals surface area contributed by atoms with Crippen LogP contribution in [0.3, 0.4) is 0 Å². The summed E-state index contributed by atoms with van der Waals surface area (Å²) >= 11 is 0. The molecule has 1 aliphatic rings. The monoisotopic (exact) mass is 475 g/mol. The van der Waals surface area contributed by atoms with Crippen LogP contribution in [0, 0.1) is 0 Å². The Morgan fingerprint density at radius 3 is 2.27 bits per heavy atom. The van der Waals surface area contributed by atoms with Gasteiger partial charge in [0.15, 0.2) is 0 Å². The van der Waals surface area contributed by atoms with E-state index >= 15 is 0 Å². The van der Waals surface area contributed by atoms with Crippen molar-refractivity contribution in [2.75, 3.05) is 51.8 Å². The van der Waals surface area contributed by atoms with Crippen molar-refractivity contribution in [3.05, 3.63) is 53.6 Å². The van der Waals surface area contributed by atoms with Gasteiger partial charge in [0.1, 0.15) is 5.75 Å². The van der Waals surface area contributed by atoms with E-state index in [9.17, 15) is 18.0 Å². The minimum absolute atomic E-state index is 0.00974. The molecule has 10 heteroatoms. The molecule has 0 radical (unpaired) electrons. The zero-order valence-corrected chi connectivity index (χ0v) is 19.9. The molecule has 3 rings (SSSR count). The third-order valence-electron chi connectivity index (χ3n) is 5.46. The minimum atomic E-state index is -3.77. The lowest BCUT2D eigenvalue weighted by Gasteiger charge is -2.26. The normalized spacial score (nSPS) is 14.5. The highest BCUT2D eigenvalue weighted by molar-refractivity contribution is 7.89. The van der Waals surface area contributed by atoms with Crippen molar-refractivity contribution >= 4 is 27.5 Å². The Kier molecular flexibility index (Phi) is 8.06. The second-order valence-corrected chi connectivity index (χ2v) is 9.33. The van der Waals surface area contributed by atoms with Gasteiger partial charge in [-0.3, -0.25) is 9.59 Å². The number of benzene rings is 2. The van der Waals surface area contributed by atoms with Gasteiger partial charge in [-0.25, -0.2) is 8.42 Å². The van der Waals surface area contributed by atoms with Gasteiger partial charge in [-0.15, -0.1) is 0 Å². The highest BCUT2D eigenvalue weighted by Crippen LogP contribution is 2.26. The Bertz CT molecular complexity index is 1090. The van der Waals surface area contributed by atoms with Gasteiger partial charge >= 0.3 is 0 Å². The average molecular weight is 476 g/mol. The van der Waals surface area contributed by atoms with Crippen molar-refractivity contribution in [3.63, 3.8) is 0 Å². The van der Waals surface area contributed by atoms with E-state index < -0.39 is 15.9 Å². The van der Waals surface area contributed by atoms with Crippen LogP contribution in [0.1, 0.15) is 34.6 Å². The second kappa shape index (κ2) is 10.8. The standard InChI is InChI=1S/C23H29N3O6S/c1-4-25(5-2)23(28)17-6-8-18(9-7-17)24-22(27)20-16-19(10-11-21(20)31-3)33(29,30)26-12-14-32-15-13-26/h6-11,16H,4-5,12-15H2,1-3H3,(H,24,27). The predicted molar refractivity (Wildman–Crippen MR) is 124 cm³/mol. The zero-order valence-electron chi connectivity index (χ0n) is 19.0. The topological polar surface area (TPSA) is 105 Å². The maximum absolute atomic E-state index is 13.0. The first-order valence-corrected chi connectivity index (χ1v) is 12.2. The van der Waals surface area contributed by atoms with Crippen molar-refractivity contribution in [2.24, 2.45) is 0 Å². The number of hydrogen-bond donors (Lipinski definition) is 1. The summed E-state index contributed by atoms with van der Waals surface area (Å²) in [6, 6.07) is 10.8. The van der Waals surface area contributed by atoms with Crippen molar-refractivity contribution in [1.29, 1.82) is 0 Å². The van der Waals surface area contributed by atoms with Crippen molar-refractivity contribution in [1.82, 2.24) is 9.21 Å². The highest BCUT2D eigenvalue weighted by Gasteiger charge is 2.28. The van der Waals surface area contributed by atoms with Crippen molar-refractivity contribution in [2.45, 2.75) is 18.7 Å². The largest absolute Gasteiger partial charge is 0.496 e. The van der Waals surface area contributed by atoms with E-state index in [-0.39, 0.29) is 35.2 Å². The molecule has 2 aromatic carbocycles. The molecule has 1 N–H and O–H groups in total. The second-order valence-electron chi connectivity index (χ2n) is 7.39. The number of hydrogen-bond acceptors (Lipinski definition) is 6. The molecule has 0 aromatic heterocycles. The van der Waals surface area contributed by atoms with E-state index in [0.717, 1.165) is 0 Å². The molecule has 0 aliphatic carbocycles. The number of carbonyl (C=O) groups is 2. The van der Waals surface area contributed by atoms with Gasteiger partial charge in [0, 0.05) is 37.4 Å². The van der Waals surface area contributed by atoms with Crippen molar-refractivity contribution in [3.8, 4) is 5.75 Å². The summed E-state index contributed by atoms with van der Waals surface area (Å²) in [6.45, 7) is 6.22. The fourth-order valence-corrected chi connectivity index (χ4v) is 4.98. The van der Waals surface area contributed by atoms with Crippen LogP contribution in [0.5, 0.6) is 5.75 Å². The van der Waals surface area contributed by atoms with Gasteiger partial charge < -0.3 is 19.7 Å². The van der Waals surface area contributed by atoms with Crippen LogP contribution in [0.4, 0.5) is 5.69 Å². The molecule has 0 unspecified atom stereocenters. The van der Waals surface area contributed by atoms with Crippen LogP contribution < -0.4 is 10.1 Å². The van der Waals surface area contributed by atoms with E-state index in [4.69, 9.17) is 9.47 Å². The van der Waals surface area contributed by atoms with E-state index in [1.165, 1.54) is 29.6 Å². The number of morpholine rings is 1. The van der Waals surface area contributed by atoms with E-state index in [2.05, 4.69) is 5.32 Å². The van der Waals surface area contributed by atoms with Crippen LogP contribution in [-0.4, -0.2) is 75.9 Å². The molecule has 0 spiro atoms. The lowest BCUT2D eigenvalue weighted by Crippen LogP contribution is -2.40. The molecule has 1 aliphatic heterocycles. The molecule has 178 valence electrons. The van der Waals surface area contributed by atoms with Gasteiger partial charge in [0.25, 0.3) is 11.8 Å². The number of nitrogens with one attached hydrogen (secondary N) is 1. The number of carbonyl (C=O) groups excluding carboxylic acids is 2. The fourth-order valence-electron chi connectivity index (χ4n) is 3.55. The Balaban J connectivity index is 1.82. The van der Waals surface area contributed by atoms with Crippen LogP contribution in [0.25, 0.3) is 0 Å². The Labute approximate surface area is 194 Å². The third-order valence-corrected chi connectivity index (χ3v) is 7.36. The number of nitrogens with zero attached hydrogens (tertiary/aromatic N) is 2. The van der Waals surface area contributed by atoms with E-state index in [1.807, 2.05) is 13.8 Å². The zero-order chi connectivity index (χ0) is 24.0. The van der Waals surface area contributed by atoms with Gasteiger partial charge in [-0.05, 0) is 56.3 Å². The first-order valence-electron chi connectivity index (χ1n) is 10.8. The molecule has 33 heavy (non-hydrogen) atoms. The Morgan fingerprint density at radius 2 is 1.70 bits per heavy atom. The first kappa shape index (κ1) is 24.7. The molecular formula is C23H29N3O6S. The summed E-state index contributed by atoms with van der Waals surface area (Å²) in [5.74, 6) is -0.351. The highest BCUT2D eigenvalue weighted by atomic mass is 32.2. The lowest BCUT2D eigenvalue weighted by molar-refractivity contribution is 0.0730. The summed E-state index contributed by atoms with van der Waals surface area (Å²) in [7, 11) is -2.36. The molecule has 2 aromatic rings. The predicted octanol–water partition coefficient (Wildman–Crippen LogP) is 2.45. The van der Waals surface area contributed by atoms with Gasteiger partial charge in [0.05, 0.1) is 30.8 Å². The fraction of sp³-hybridized carbons (Fsp3) is 0.391. The van der Waals surface area contributed by atoms with Gasteiger partial charge in [-0.2, -0.15) is 4.31 Å². The molecule has 0 bridgehead atoms. The number of anilines is 1. The smallest absolute Gasteiger partial charge is 0.259 e. The molecule has 1 saturated heterocycles. The van der Waals surface area contributed by atoms with Crippen LogP contribution in [0.15, 0.2) is 47.4 Å². The summed E-state index contributed by atoms with van der Waals surface area (Å²) in [4.78, 5) is 27.2. The summed E-state index contributed by atoms with van der Waals surface area (Å²) < 4.78 is 37.8. The molecule has 2 amide bonds. The third kappa shape index (κ3) is 5.52. The maximum Gasteiger partial charge on any atom is 0.259 e. The van der Waals surface area contributed by atoms with Crippen LogP contribution >= 0.6 is 0 Å². The molecule has 0 saturated carbocycles. The summed E-state index contributed by atoms with van der Waals surface area (Å²) in [5.41, 5.74) is 1.09. The van der Waals surface area contributed by atoms with Crippen molar-refractivity contribution < 1.29 is 27.5 Å². The van der Waals surface area contributed by atoms with E-state index in [0.29, 0.717) is 37.6 Å². The van der Waals surface area contributed by atoms with Crippen LogP contribution in [-0.2, 0) is 14.8 Å². The number of rotatable bonds is 8. The number of ether oxygens (including phenoxy) is 2. The minimum Gasteiger partial charge on any atom is -0.496 e. The van der Waals surface area contributed by atoms with E-state index in [1.54, 1.807) is 29.2 Å². The average Bonchev–Trinajstić information content (AvgIpc) is 2.85. The SMILES string of the molecule is CCN(CC)C(=O)c1ccc(NC(=O)c2cc(S(=O)(=O)N3CCOCC3)ccc2OC)cc1. The molecule has 1 fully saturated rings. The number of methoxy groups -OCH3 is 1. The number of sulfonamides is 1. The van der Waals surface area contributed by atoms with Crippen LogP contribution in [0.2, 0.25) is 0 Å². The molecule has 1 heterocycles. The van der Waals surface area contributed by atoms with Gasteiger partial charge in [0.2, 0.25) is 10.0 Å². The summed E-state index contributed by atoms with van der Waals surface area (Å²) in [5, 5.41) is 2.74.